The summed E-state index contributed by atoms with van der Waals surface area (Å²) in [5.41, 5.74) is 0.656. The first-order valence-electron chi connectivity index (χ1n) is 6.78. The molecule has 0 spiro atoms. The number of carbonyl (C=O) groups is 1. The van der Waals surface area contributed by atoms with Gasteiger partial charge < -0.3 is 9.64 Å². The summed E-state index contributed by atoms with van der Waals surface area (Å²) in [5.74, 6) is -0.417. The molecule has 0 radical (unpaired) electrons. The van der Waals surface area contributed by atoms with Gasteiger partial charge in [-0.3, -0.25) is 14.9 Å². The van der Waals surface area contributed by atoms with E-state index in [0.717, 1.165) is 19.4 Å². The molecule has 1 aliphatic rings. The van der Waals surface area contributed by atoms with Crippen molar-refractivity contribution in [2.75, 3.05) is 24.6 Å². The summed E-state index contributed by atoms with van der Waals surface area (Å²) in [6, 6.07) is 6.64. The fourth-order valence-corrected chi connectivity index (χ4v) is 2.53. The number of piperidine rings is 1. The zero-order valence-electron chi connectivity index (χ0n) is 11.4. The van der Waals surface area contributed by atoms with Gasteiger partial charge in [0, 0.05) is 19.2 Å². The third-order valence-electron chi connectivity index (χ3n) is 3.46. The third kappa shape index (κ3) is 3.07. The molecule has 0 saturated carbocycles. The lowest BCUT2D eigenvalue weighted by molar-refractivity contribution is -0.384. The Labute approximate surface area is 117 Å². The Morgan fingerprint density at radius 2 is 2.25 bits per heavy atom. The van der Waals surface area contributed by atoms with Gasteiger partial charge >= 0.3 is 5.97 Å². The molecule has 6 nitrogen and oxygen atoms in total. The number of benzene rings is 1. The second kappa shape index (κ2) is 6.36. The summed E-state index contributed by atoms with van der Waals surface area (Å²) in [5, 5.41) is 11.1. The number of carbonyl (C=O) groups excluding carboxylic acids is 1. The predicted octanol–water partition coefficient (Wildman–Crippen LogP) is 2.37. The molecular formula is C14H18N2O4. The summed E-state index contributed by atoms with van der Waals surface area (Å²) < 4.78 is 5.04. The monoisotopic (exact) mass is 278 g/mol. The second-order valence-electron chi connectivity index (χ2n) is 4.78. The van der Waals surface area contributed by atoms with Gasteiger partial charge in [0.25, 0.3) is 5.69 Å². The van der Waals surface area contributed by atoms with E-state index in [2.05, 4.69) is 0 Å². The van der Waals surface area contributed by atoms with E-state index < -0.39 is 0 Å². The Hall–Kier alpha value is -2.11. The topological polar surface area (TPSA) is 72.7 Å². The van der Waals surface area contributed by atoms with Crippen LogP contribution in [-0.4, -0.2) is 30.6 Å². The molecule has 1 aromatic rings. The van der Waals surface area contributed by atoms with Crippen molar-refractivity contribution < 1.29 is 14.5 Å². The van der Waals surface area contributed by atoms with E-state index in [4.69, 9.17) is 4.74 Å². The SMILES string of the molecule is CCOC(=O)[C@H]1CCCN(c2ccccc2[N+](=O)[O-])C1. The molecule has 0 aliphatic carbocycles. The zero-order valence-corrected chi connectivity index (χ0v) is 11.4. The van der Waals surface area contributed by atoms with E-state index in [1.54, 1.807) is 25.1 Å². The summed E-state index contributed by atoms with van der Waals surface area (Å²) in [7, 11) is 0. The van der Waals surface area contributed by atoms with Gasteiger partial charge in [-0.05, 0) is 25.8 Å². The van der Waals surface area contributed by atoms with Crippen molar-refractivity contribution >= 4 is 17.3 Å². The molecule has 0 N–H and O–H groups in total. The first-order chi connectivity index (χ1) is 9.63. The molecule has 1 atom stereocenters. The maximum absolute atomic E-state index is 11.8. The smallest absolute Gasteiger partial charge is 0.310 e. The molecule has 108 valence electrons. The number of ether oxygens (including phenoxy) is 1. The fourth-order valence-electron chi connectivity index (χ4n) is 2.53. The van der Waals surface area contributed by atoms with Crippen molar-refractivity contribution in [1.82, 2.24) is 0 Å². The lowest BCUT2D eigenvalue weighted by Crippen LogP contribution is -2.39. The highest BCUT2D eigenvalue weighted by Crippen LogP contribution is 2.31. The van der Waals surface area contributed by atoms with Crippen LogP contribution in [0.15, 0.2) is 24.3 Å². The summed E-state index contributed by atoms with van der Waals surface area (Å²) in [6.45, 7) is 3.34. The van der Waals surface area contributed by atoms with Gasteiger partial charge in [-0.2, -0.15) is 0 Å². The average Bonchev–Trinajstić information content (AvgIpc) is 2.47. The van der Waals surface area contributed by atoms with Crippen LogP contribution >= 0.6 is 0 Å². The molecule has 1 fully saturated rings. The average molecular weight is 278 g/mol. The molecule has 1 heterocycles. The molecule has 1 aromatic carbocycles. The number of nitrogens with zero attached hydrogens (tertiary/aromatic N) is 2. The van der Waals surface area contributed by atoms with Crippen molar-refractivity contribution in [3.05, 3.63) is 34.4 Å². The van der Waals surface area contributed by atoms with Crippen molar-refractivity contribution in [3.63, 3.8) is 0 Å². The molecule has 6 heteroatoms. The normalized spacial score (nSPS) is 18.6. The van der Waals surface area contributed by atoms with Crippen molar-refractivity contribution in [2.45, 2.75) is 19.8 Å². The number of rotatable bonds is 4. The Bertz CT molecular complexity index is 504. The molecule has 1 aliphatic heterocycles. The molecular weight excluding hydrogens is 260 g/mol. The number of esters is 1. The Balaban J connectivity index is 2.17. The van der Waals surface area contributed by atoms with Gasteiger partial charge in [0.1, 0.15) is 5.69 Å². The number of para-hydroxylation sites is 2. The van der Waals surface area contributed by atoms with Gasteiger partial charge in [0.2, 0.25) is 0 Å². The van der Waals surface area contributed by atoms with Crippen LogP contribution in [0.1, 0.15) is 19.8 Å². The number of hydrogen-bond donors (Lipinski definition) is 0. The Kier molecular flexibility index (Phi) is 4.55. The van der Waals surface area contributed by atoms with Crippen LogP contribution in [0.2, 0.25) is 0 Å². The van der Waals surface area contributed by atoms with Crippen molar-refractivity contribution in [1.29, 1.82) is 0 Å². The fraction of sp³-hybridized carbons (Fsp3) is 0.500. The number of nitro benzene ring substituents is 1. The molecule has 2 rings (SSSR count). The van der Waals surface area contributed by atoms with Gasteiger partial charge in [-0.25, -0.2) is 0 Å². The Morgan fingerprint density at radius 1 is 1.50 bits per heavy atom. The highest BCUT2D eigenvalue weighted by molar-refractivity contribution is 5.74. The second-order valence-corrected chi connectivity index (χ2v) is 4.78. The van der Waals surface area contributed by atoms with Crippen molar-refractivity contribution in [2.24, 2.45) is 5.92 Å². The van der Waals surface area contributed by atoms with E-state index in [0.29, 0.717) is 18.8 Å². The molecule has 0 unspecified atom stereocenters. The molecule has 0 bridgehead atoms. The standard InChI is InChI=1S/C14H18N2O4/c1-2-20-14(17)11-6-5-9-15(10-11)12-7-3-4-8-13(12)16(18)19/h3-4,7-8,11H,2,5-6,9-10H2,1H3/t11-/m0/s1. The highest BCUT2D eigenvalue weighted by atomic mass is 16.6. The maximum Gasteiger partial charge on any atom is 0.310 e. The van der Waals surface area contributed by atoms with Crippen LogP contribution in [0.25, 0.3) is 0 Å². The van der Waals surface area contributed by atoms with E-state index >= 15 is 0 Å². The molecule has 0 aromatic heterocycles. The summed E-state index contributed by atoms with van der Waals surface area (Å²) >= 11 is 0. The van der Waals surface area contributed by atoms with Crippen LogP contribution in [-0.2, 0) is 9.53 Å². The molecule has 0 amide bonds. The minimum atomic E-state index is -0.386. The number of hydrogen-bond acceptors (Lipinski definition) is 5. The third-order valence-corrected chi connectivity index (χ3v) is 3.46. The van der Waals surface area contributed by atoms with Crippen LogP contribution in [0.3, 0.4) is 0 Å². The largest absolute Gasteiger partial charge is 0.466 e. The quantitative estimate of drug-likeness (QED) is 0.480. The van der Waals surface area contributed by atoms with E-state index in [9.17, 15) is 14.9 Å². The minimum absolute atomic E-state index is 0.0806. The van der Waals surface area contributed by atoms with Gasteiger partial charge in [0.05, 0.1) is 17.4 Å². The van der Waals surface area contributed by atoms with Gasteiger partial charge in [-0.1, -0.05) is 12.1 Å². The van der Waals surface area contributed by atoms with Gasteiger partial charge in [-0.15, -0.1) is 0 Å². The Morgan fingerprint density at radius 3 is 2.95 bits per heavy atom. The number of anilines is 1. The van der Waals surface area contributed by atoms with Crippen LogP contribution in [0, 0.1) is 16.0 Å². The summed E-state index contributed by atoms with van der Waals surface area (Å²) in [6.07, 6.45) is 1.60. The van der Waals surface area contributed by atoms with Crippen molar-refractivity contribution in [3.8, 4) is 0 Å². The van der Waals surface area contributed by atoms with Crippen LogP contribution < -0.4 is 4.90 Å². The molecule has 1 saturated heterocycles. The summed E-state index contributed by atoms with van der Waals surface area (Å²) in [4.78, 5) is 24.4. The van der Waals surface area contributed by atoms with E-state index in [1.807, 2.05) is 4.90 Å². The van der Waals surface area contributed by atoms with Crippen LogP contribution in [0.5, 0.6) is 0 Å². The first-order valence-corrected chi connectivity index (χ1v) is 6.78. The van der Waals surface area contributed by atoms with E-state index in [-0.39, 0.29) is 22.5 Å². The van der Waals surface area contributed by atoms with E-state index in [1.165, 1.54) is 6.07 Å². The van der Waals surface area contributed by atoms with Crippen LogP contribution in [0.4, 0.5) is 11.4 Å². The zero-order chi connectivity index (χ0) is 14.5. The maximum atomic E-state index is 11.8. The lowest BCUT2D eigenvalue weighted by Gasteiger charge is -2.32. The minimum Gasteiger partial charge on any atom is -0.466 e. The predicted molar refractivity (Wildman–Crippen MR) is 74.7 cm³/mol. The number of nitro groups is 1. The van der Waals surface area contributed by atoms with Gasteiger partial charge in [0.15, 0.2) is 0 Å². The molecule has 20 heavy (non-hydrogen) atoms. The lowest BCUT2D eigenvalue weighted by atomic mass is 9.97. The highest BCUT2D eigenvalue weighted by Gasteiger charge is 2.29. The first kappa shape index (κ1) is 14.3.